The number of ether oxygens (including phenoxy) is 1. The van der Waals surface area contributed by atoms with Crippen LogP contribution in [-0.2, 0) is 6.42 Å². The summed E-state index contributed by atoms with van der Waals surface area (Å²) in [7, 11) is 0. The largest absolute Gasteiger partial charge is 0.492 e. The molecule has 0 saturated heterocycles. The molecule has 0 bridgehead atoms. The van der Waals surface area contributed by atoms with E-state index in [0.29, 0.717) is 6.61 Å². The van der Waals surface area contributed by atoms with Gasteiger partial charge in [0.2, 0.25) is 0 Å². The topological polar surface area (TPSA) is 21.3 Å². The average molecular weight is 369 g/mol. The fraction of sp³-hybridized carbons (Fsp3) is 0.294. The third-order valence-corrected chi connectivity index (χ3v) is 3.87. The molecule has 0 aliphatic heterocycles. The van der Waals surface area contributed by atoms with Crippen molar-refractivity contribution in [3.63, 3.8) is 0 Å². The molecule has 0 fully saturated rings. The Balaban J connectivity index is 1.93. The van der Waals surface area contributed by atoms with Crippen molar-refractivity contribution < 1.29 is 4.74 Å². The molecule has 0 radical (unpaired) electrons. The molecule has 1 N–H and O–H groups in total. The smallest absolute Gasteiger partial charge is 0.119 e. The van der Waals surface area contributed by atoms with E-state index in [0.717, 1.165) is 28.2 Å². The summed E-state index contributed by atoms with van der Waals surface area (Å²) in [6.45, 7) is 3.65. The predicted octanol–water partition coefficient (Wildman–Crippen LogP) is 4.70. The van der Waals surface area contributed by atoms with Gasteiger partial charge in [0.05, 0.1) is 0 Å². The predicted molar refractivity (Wildman–Crippen MR) is 92.3 cm³/mol. The minimum atomic E-state index is 0.278. The Hall–Kier alpha value is -1.03. The van der Waals surface area contributed by atoms with Crippen molar-refractivity contribution in [3.05, 3.63) is 63.6 Å². The van der Waals surface area contributed by atoms with Crippen LogP contribution in [0.2, 0.25) is 5.02 Å². The highest BCUT2D eigenvalue weighted by Gasteiger charge is 2.10. The number of hydrogen-bond acceptors (Lipinski definition) is 2. The molecule has 2 nitrogen and oxygen atoms in total. The molecule has 2 aromatic rings. The lowest BCUT2D eigenvalue weighted by Crippen LogP contribution is -2.36. The minimum absolute atomic E-state index is 0.278. The molecule has 1 unspecified atom stereocenters. The zero-order chi connectivity index (χ0) is 15.1. The van der Waals surface area contributed by atoms with Gasteiger partial charge in [0.15, 0.2) is 0 Å². The molecule has 0 aliphatic carbocycles. The van der Waals surface area contributed by atoms with Crippen LogP contribution in [0.5, 0.6) is 5.75 Å². The Morgan fingerprint density at radius 3 is 2.62 bits per heavy atom. The van der Waals surface area contributed by atoms with E-state index in [1.54, 1.807) is 0 Å². The Bertz CT molecular complexity index is 559. The van der Waals surface area contributed by atoms with E-state index < -0.39 is 0 Å². The number of hydrogen-bond donors (Lipinski definition) is 1. The summed E-state index contributed by atoms with van der Waals surface area (Å²) >= 11 is 9.38. The van der Waals surface area contributed by atoms with Gasteiger partial charge in [0, 0.05) is 15.5 Å². The summed E-state index contributed by atoms with van der Waals surface area (Å²) < 4.78 is 6.95. The maximum absolute atomic E-state index is 5.87. The Labute approximate surface area is 139 Å². The van der Waals surface area contributed by atoms with Crippen LogP contribution in [0, 0.1) is 0 Å². The maximum Gasteiger partial charge on any atom is 0.119 e. The lowest BCUT2D eigenvalue weighted by Gasteiger charge is -2.19. The molecular weight excluding hydrogens is 350 g/mol. The van der Waals surface area contributed by atoms with Crippen molar-refractivity contribution in [3.8, 4) is 5.75 Å². The second kappa shape index (κ2) is 8.42. The van der Waals surface area contributed by atoms with E-state index >= 15 is 0 Å². The molecule has 1 atom stereocenters. The zero-order valence-electron chi connectivity index (χ0n) is 12.0. The van der Waals surface area contributed by atoms with Crippen LogP contribution in [-0.4, -0.2) is 19.2 Å². The van der Waals surface area contributed by atoms with E-state index in [1.807, 2.05) is 30.3 Å². The van der Waals surface area contributed by atoms with Gasteiger partial charge < -0.3 is 10.1 Å². The van der Waals surface area contributed by atoms with Gasteiger partial charge in [-0.25, -0.2) is 0 Å². The highest BCUT2D eigenvalue weighted by Crippen LogP contribution is 2.17. The van der Waals surface area contributed by atoms with Gasteiger partial charge in [-0.3, -0.25) is 0 Å². The first-order valence-electron chi connectivity index (χ1n) is 7.03. The number of benzene rings is 2. The normalized spacial score (nSPS) is 12.1. The highest BCUT2D eigenvalue weighted by molar-refractivity contribution is 9.10. The van der Waals surface area contributed by atoms with Crippen LogP contribution in [0.4, 0.5) is 0 Å². The SMILES string of the molecule is CCNC(COc1ccc(Cl)cc1)Cc1cccc(Br)c1. The van der Waals surface area contributed by atoms with Gasteiger partial charge in [0.1, 0.15) is 12.4 Å². The highest BCUT2D eigenvalue weighted by atomic mass is 79.9. The first-order chi connectivity index (χ1) is 10.2. The third kappa shape index (κ3) is 5.70. The standard InChI is InChI=1S/C17H19BrClNO/c1-2-20-16(11-13-4-3-5-14(18)10-13)12-21-17-8-6-15(19)7-9-17/h3-10,16,20H,2,11-12H2,1H3. The maximum atomic E-state index is 5.87. The number of rotatable bonds is 7. The van der Waals surface area contributed by atoms with Gasteiger partial charge in [-0.2, -0.15) is 0 Å². The fourth-order valence-electron chi connectivity index (χ4n) is 2.15. The van der Waals surface area contributed by atoms with Crippen LogP contribution in [0.3, 0.4) is 0 Å². The van der Waals surface area contributed by atoms with Crippen molar-refractivity contribution in [2.45, 2.75) is 19.4 Å². The number of likely N-dealkylation sites (N-methyl/N-ethyl adjacent to an activating group) is 1. The minimum Gasteiger partial charge on any atom is -0.492 e. The van der Waals surface area contributed by atoms with Crippen LogP contribution in [0.1, 0.15) is 12.5 Å². The van der Waals surface area contributed by atoms with E-state index in [-0.39, 0.29) is 6.04 Å². The Morgan fingerprint density at radius 2 is 1.95 bits per heavy atom. The molecular formula is C17H19BrClNO. The summed E-state index contributed by atoms with van der Waals surface area (Å²) in [4.78, 5) is 0. The Morgan fingerprint density at radius 1 is 1.19 bits per heavy atom. The van der Waals surface area contributed by atoms with Crippen LogP contribution in [0.15, 0.2) is 53.0 Å². The van der Waals surface area contributed by atoms with Gasteiger partial charge in [0.25, 0.3) is 0 Å². The molecule has 4 heteroatoms. The Kier molecular flexibility index (Phi) is 6.55. The molecule has 0 spiro atoms. The molecule has 2 aromatic carbocycles. The first-order valence-corrected chi connectivity index (χ1v) is 8.20. The molecule has 2 rings (SSSR count). The first kappa shape index (κ1) is 16.3. The lowest BCUT2D eigenvalue weighted by atomic mass is 10.1. The molecule has 0 aromatic heterocycles. The monoisotopic (exact) mass is 367 g/mol. The second-order valence-corrected chi connectivity index (χ2v) is 6.21. The fourth-order valence-corrected chi connectivity index (χ4v) is 2.73. The van der Waals surface area contributed by atoms with Gasteiger partial charge in [-0.1, -0.05) is 46.6 Å². The molecule has 0 aliphatic rings. The van der Waals surface area contributed by atoms with Gasteiger partial charge in [-0.15, -0.1) is 0 Å². The third-order valence-electron chi connectivity index (χ3n) is 3.13. The van der Waals surface area contributed by atoms with E-state index in [9.17, 15) is 0 Å². The van der Waals surface area contributed by atoms with Crippen molar-refractivity contribution in [1.82, 2.24) is 5.32 Å². The van der Waals surface area contributed by atoms with Gasteiger partial charge >= 0.3 is 0 Å². The molecule has 21 heavy (non-hydrogen) atoms. The van der Waals surface area contributed by atoms with Crippen LogP contribution >= 0.6 is 27.5 Å². The van der Waals surface area contributed by atoms with Crippen molar-refractivity contribution in [2.24, 2.45) is 0 Å². The zero-order valence-corrected chi connectivity index (χ0v) is 14.3. The van der Waals surface area contributed by atoms with Crippen LogP contribution < -0.4 is 10.1 Å². The van der Waals surface area contributed by atoms with Gasteiger partial charge in [-0.05, 0) is 54.9 Å². The average Bonchev–Trinajstić information content (AvgIpc) is 2.47. The quantitative estimate of drug-likeness (QED) is 0.764. The van der Waals surface area contributed by atoms with Crippen molar-refractivity contribution in [1.29, 1.82) is 0 Å². The summed E-state index contributed by atoms with van der Waals surface area (Å²) in [5, 5.41) is 4.19. The lowest BCUT2D eigenvalue weighted by molar-refractivity contribution is 0.265. The molecule has 0 amide bonds. The second-order valence-electron chi connectivity index (χ2n) is 4.85. The van der Waals surface area contributed by atoms with E-state index in [4.69, 9.17) is 16.3 Å². The summed E-state index contributed by atoms with van der Waals surface area (Å²) in [6, 6.07) is 16.1. The molecule has 0 heterocycles. The number of nitrogens with one attached hydrogen (secondary N) is 1. The summed E-state index contributed by atoms with van der Waals surface area (Å²) in [5.41, 5.74) is 1.29. The number of halogens is 2. The summed E-state index contributed by atoms with van der Waals surface area (Å²) in [5.74, 6) is 0.844. The van der Waals surface area contributed by atoms with E-state index in [2.05, 4.69) is 46.4 Å². The molecule has 0 saturated carbocycles. The van der Waals surface area contributed by atoms with Crippen molar-refractivity contribution in [2.75, 3.05) is 13.2 Å². The van der Waals surface area contributed by atoms with E-state index in [1.165, 1.54) is 5.56 Å². The van der Waals surface area contributed by atoms with Crippen LogP contribution in [0.25, 0.3) is 0 Å². The molecule has 112 valence electrons. The van der Waals surface area contributed by atoms with Crippen molar-refractivity contribution >= 4 is 27.5 Å². The summed E-state index contributed by atoms with van der Waals surface area (Å²) in [6.07, 6.45) is 0.931.